The van der Waals surface area contributed by atoms with Crippen LogP contribution in [0.3, 0.4) is 0 Å². The zero-order valence-corrected chi connectivity index (χ0v) is 16.4. The lowest BCUT2D eigenvalue weighted by Crippen LogP contribution is -2.40. The number of rotatable bonds is 7. The van der Waals surface area contributed by atoms with Crippen LogP contribution in [0, 0.1) is 5.92 Å². The largest absolute Gasteiger partial charge is 0.494 e. The number of carbonyl (C=O) groups is 1. The molecule has 144 valence electrons. The maximum Gasteiger partial charge on any atom is 0.225 e. The third-order valence-corrected chi connectivity index (χ3v) is 5.22. The number of ether oxygens (including phenoxy) is 1. The zero-order valence-electron chi connectivity index (χ0n) is 16.4. The zero-order chi connectivity index (χ0) is 19.1. The van der Waals surface area contributed by atoms with Crippen molar-refractivity contribution < 1.29 is 9.53 Å². The summed E-state index contributed by atoms with van der Waals surface area (Å²) >= 11 is 0. The molecule has 1 aliphatic rings. The van der Waals surface area contributed by atoms with Crippen LogP contribution in [0.1, 0.15) is 30.9 Å². The van der Waals surface area contributed by atoms with Gasteiger partial charge in [-0.15, -0.1) is 0 Å². The average Bonchev–Trinajstić information content (AvgIpc) is 2.70. The molecule has 0 aromatic heterocycles. The molecule has 0 atom stereocenters. The summed E-state index contributed by atoms with van der Waals surface area (Å²) in [6, 6.07) is 18.5. The maximum absolute atomic E-state index is 12.8. The van der Waals surface area contributed by atoms with Crippen LogP contribution in [-0.4, -0.2) is 42.5 Å². The molecule has 2 aromatic carbocycles. The Morgan fingerprint density at radius 3 is 2.33 bits per heavy atom. The summed E-state index contributed by atoms with van der Waals surface area (Å²) in [5.41, 5.74) is 2.48. The summed E-state index contributed by atoms with van der Waals surface area (Å²) in [6.07, 6.45) is 1.88. The molecule has 1 heterocycles. The van der Waals surface area contributed by atoms with Crippen molar-refractivity contribution in [2.45, 2.75) is 32.9 Å². The Balaban J connectivity index is 1.45. The lowest BCUT2D eigenvalue weighted by atomic mass is 9.95. The number of hydrogen-bond donors (Lipinski definition) is 0. The Bertz CT molecular complexity index is 707. The van der Waals surface area contributed by atoms with E-state index in [0.717, 1.165) is 38.2 Å². The Hall–Kier alpha value is -2.33. The van der Waals surface area contributed by atoms with Gasteiger partial charge in [-0.3, -0.25) is 9.69 Å². The number of carbonyl (C=O) groups excluding carboxylic acids is 1. The molecule has 2 aromatic rings. The van der Waals surface area contributed by atoms with E-state index in [-0.39, 0.29) is 11.8 Å². The van der Waals surface area contributed by atoms with E-state index in [4.69, 9.17) is 4.74 Å². The predicted octanol–water partition coefficient (Wildman–Crippen LogP) is 3.96. The molecule has 27 heavy (non-hydrogen) atoms. The fourth-order valence-electron chi connectivity index (χ4n) is 3.70. The quantitative estimate of drug-likeness (QED) is 0.744. The summed E-state index contributed by atoms with van der Waals surface area (Å²) in [5.74, 6) is 1.35. The fourth-order valence-corrected chi connectivity index (χ4v) is 3.70. The molecule has 0 radical (unpaired) electrons. The summed E-state index contributed by atoms with van der Waals surface area (Å²) < 4.78 is 5.50. The first kappa shape index (κ1) is 19.4. The van der Waals surface area contributed by atoms with Gasteiger partial charge in [0.1, 0.15) is 5.75 Å². The first-order chi connectivity index (χ1) is 13.2. The van der Waals surface area contributed by atoms with Crippen molar-refractivity contribution in [1.82, 2.24) is 9.80 Å². The number of hydrogen-bond acceptors (Lipinski definition) is 3. The van der Waals surface area contributed by atoms with E-state index in [1.165, 1.54) is 11.1 Å². The minimum Gasteiger partial charge on any atom is -0.494 e. The first-order valence-corrected chi connectivity index (χ1v) is 9.88. The number of amides is 1. The molecule has 0 unspecified atom stereocenters. The highest BCUT2D eigenvalue weighted by atomic mass is 16.5. The minimum absolute atomic E-state index is 0.148. The third-order valence-electron chi connectivity index (χ3n) is 5.22. The molecule has 0 aliphatic carbocycles. The second kappa shape index (κ2) is 9.56. The molecule has 1 fully saturated rings. The monoisotopic (exact) mass is 366 g/mol. The Kier molecular flexibility index (Phi) is 6.88. The fraction of sp³-hybridized carbons (Fsp3) is 0.435. The van der Waals surface area contributed by atoms with Gasteiger partial charge in [0.2, 0.25) is 5.91 Å². The third kappa shape index (κ3) is 5.57. The van der Waals surface area contributed by atoms with Crippen molar-refractivity contribution >= 4 is 5.91 Å². The van der Waals surface area contributed by atoms with Gasteiger partial charge in [-0.1, -0.05) is 42.5 Å². The van der Waals surface area contributed by atoms with Crippen molar-refractivity contribution in [3.63, 3.8) is 0 Å². The van der Waals surface area contributed by atoms with Gasteiger partial charge in [-0.25, -0.2) is 0 Å². The van der Waals surface area contributed by atoms with Gasteiger partial charge in [0.25, 0.3) is 0 Å². The average molecular weight is 367 g/mol. The first-order valence-electron chi connectivity index (χ1n) is 9.88. The van der Waals surface area contributed by atoms with Crippen LogP contribution < -0.4 is 4.74 Å². The lowest BCUT2D eigenvalue weighted by Gasteiger charge is -2.33. The maximum atomic E-state index is 12.8. The van der Waals surface area contributed by atoms with Gasteiger partial charge >= 0.3 is 0 Å². The minimum atomic E-state index is 0.148. The van der Waals surface area contributed by atoms with Gasteiger partial charge in [-0.2, -0.15) is 0 Å². The van der Waals surface area contributed by atoms with E-state index in [0.29, 0.717) is 13.2 Å². The molecule has 0 bridgehead atoms. The Labute approximate surface area is 162 Å². The van der Waals surface area contributed by atoms with Crippen LogP contribution in [0.15, 0.2) is 54.6 Å². The van der Waals surface area contributed by atoms with Crippen molar-refractivity contribution in [2.24, 2.45) is 5.92 Å². The van der Waals surface area contributed by atoms with Crippen LogP contribution in [0.2, 0.25) is 0 Å². The van der Waals surface area contributed by atoms with E-state index >= 15 is 0 Å². The van der Waals surface area contributed by atoms with E-state index in [1.54, 1.807) is 0 Å². The second-order valence-electron chi connectivity index (χ2n) is 7.31. The van der Waals surface area contributed by atoms with Crippen LogP contribution in [0.5, 0.6) is 5.75 Å². The Morgan fingerprint density at radius 2 is 1.70 bits per heavy atom. The number of benzene rings is 2. The summed E-state index contributed by atoms with van der Waals surface area (Å²) in [6.45, 7) is 6.26. The highest BCUT2D eigenvalue weighted by Gasteiger charge is 2.27. The van der Waals surface area contributed by atoms with E-state index < -0.39 is 0 Å². The van der Waals surface area contributed by atoms with Crippen molar-refractivity contribution in [2.75, 3.05) is 26.7 Å². The smallest absolute Gasteiger partial charge is 0.225 e. The van der Waals surface area contributed by atoms with Crippen LogP contribution in [0.4, 0.5) is 0 Å². The molecule has 3 rings (SSSR count). The molecule has 0 saturated carbocycles. The molecular formula is C23H30N2O2. The normalized spacial score (nSPS) is 15.5. The molecule has 0 spiro atoms. The van der Waals surface area contributed by atoms with E-state index in [2.05, 4.69) is 29.2 Å². The number of piperidine rings is 1. The van der Waals surface area contributed by atoms with Crippen molar-refractivity contribution in [3.8, 4) is 5.75 Å². The van der Waals surface area contributed by atoms with Gasteiger partial charge in [-0.05, 0) is 56.1 Å². The summed E-state index contributed by atoms with van der Waals surface area (Å²) in [4.78, 5) is 17.1. The van der Waals surface area contributed by atoms with Crippen LogP contribution in [-0.2, 0) is 17.9 Å². The predicted molar refractivity (Wildman–Crippen MR) is 109 cm³/mol. The van der Waals surface area contributed by atoms with E-state index in [9.17, 15) is 4.79 Å². The van der Waals surface area contributed by atoms with Crippen LogP contribution in [0.25, 0.3) is 0 Å². The molecular weight excluding hydrogens is 336 g/mol. The van der Waals surface area contributed by atoms with Crippen LogP contribution >= 0.6 is 0 Å². The summed E-state index contributed by atoms with van der Waals surface area (Å²) in [7, 11) is 1.92. The van der Waals surface area contributed by atoms with Gasteiger partial charge < -0.3 is 9.64 Å². The van der Waals surface area contributed by atoms with Gasteiger partial charge in [0.15, 0.2) is 0 Å². The second-order valence-corrected chi connectivity index (χ2v) is 7.31. The standard InChI is InChI=1S/C23H30N2O2/c1-3-27-22-11-9-20(10-12-22)18-25-15-13-21(14-16-25)23(26)24(2)17-19-7-5-4-6-8-19/h4-12,21H,3,13-18H2,1-2H3. The molecule has 1 saturated heterocycles. The highest BCUT2D eigenvalue weighted by molar-refractivity contribution is 5.78. The number of likely N-dealkylation sites (tertiary alicyclic amines) is 1. The molecule has 4 nitrogen and oxygen atoms in total. The van der Waals surface area contributed by atoms with Crippen molar-refractivity contribution in [1.29, 1.82) is 0 Å². The molecule has 1 aliphatic heterocycles. The summed E-state index contributed by atoms with van der Waals surface area (Å²) in [5, 5.41) is 0. The highest BCUT2D eigenvalue weighted by Crippen LogP contribution is 2.22. The van der Waals surface area contributed by atoms with Gasteiger partial charge in [0, 0.05) is 26.1 Å². The molecule has 0 N–H and O–H groups in total. The Morgan fingerprint density at radius 1 is 1.04 bits per heavy atom. The topological polar surface area (TPSA) is 32.8 Å². The lowest BCUT2D eigenvalue weighted by molar-refractivity contribution is -0.136. The van der Waals surface area contributed by atoms with Crippen molar-refractivity contribution in [3.05, 3.63) is 65.7 Å². The van der Waals surface area contributed by atoms with Gasteiger partial charge in [0.05, 0.1) is 6.61 Å². The molecule has 4 heteroatoms. The van der Waals surface area contributed by atoms with E-state index in [1.807, 2.05) is 49.2 Å². The number of nitrogens with zero attached hydrogens (tertiary/aromatic N) is 2. The molecule has 1 amide bonds. The SMILES string of the molecule is CCOc1ccc(CN2CCC(C(=O)N(C)Cc3ccccc3)CC2)cc1.